The summed E-state index contributed by atoms with van der Waals surface area (Å²) in [5.41, 5.74) is 1.79. The van der Waals surface area contributed by atoms with E-state index in [9.17, 15) is 4.79 Å². The number of anilines is 1. The minimum atomic E-state index is -0.0157. The summed E-state index contributed by atoms with van der Waals surface area (Å²) in [5, 5.41) is 3.35. The topological polar surface area (TPSA) is 45.7 Å². The molecule has 1 amide bonds. The molecule has 0 unspecified atom stereocenters. The number of fused-ring (bicyclic) bond motifs is 1. The van der Waals surface area contributed by atoms with Crippen LogP contribution in [0.2, 0.25) is 0 Å². The van der Waals surface area contributed by atoms with E-state index in [4.69, 9.17) is 4.74 Å². The van der Waals surface area contributed by atoms with Crippen molar-refractivity contribution >= 4 is 33.1 Å². The van der Waals surface area contributed by atoms with Crippen molar-refractivity contribution in [2.24, 2.45) is 0 Å². The second-order valence-corrected chi connectivity index (χ2v) is 8.40. The summed E-state index contributed by atoms with van der Waals surface area (Å²) >= 11 is 1.72. The minimum absolute atomic E-state index is 0.0157. The van der Waals surface area contributed by atoms with Gasteiger partial charge in [-0.05, 0) is 48.4 Å². The third-order valence-corrected chi connectivity index (χ3v) is 6.07. The zero-order chi connectivity index (χ0) is 19.7. The number of rotatable bonds is 4. The molecule has 0 saturated carbocycles. The van der Waals surface area contributed by atoms with E-state index in [1.54, 1.807) is 22.4 Å². The summed E-state index contributed by atoms with van der Waals surface area (Å²) in [6, 6.07) is 12.1. The maximum atomic E-state index is 12.9. The molecule has 5 nitrogen and oxygen atoms in total. The van der Waals surface area contributed by atoms with Crippen LogP contribution in [0.5, 0.6) is 0 Å². The van der Waals surface area contributed by atoms with Crippen molar-refractivity contribution in [2.45, 2.75) is 32.6 Å². The molecule has 1 aliphatic rings. The molecule has 146 valence electrons. The van der Waals surface area contributed by atoms with Gasteiger partial charge in [-0.25, -0.2) is 4.98 Å². The second kappa shape index (κ2) is 7.89. The summed E-state index contributed by atoms with van der Waals surface area (Å²) in [6.07, 6.45) is 2.04. The maximum Gasteiger partial charge on any atom is 0.255 e. The molecule has 3 aromatic rings. The Labute approximate surface area is 169 Å². The van der Waals surface area contributed by atoms with Crippen LogP contribution in [-0.4, -0.2) is 48.1 Å². The smallest absolute Gasteiger partial charge is 0.255 e. The number of benzene rings is 1. The first-order chi connectivity index (χ1) is 13.5. The van der Waals surface area contributed by atoms with Crippen LogP contribution in [0, 0.1) is 0 Å². The summed E-state index contributed by atoms with van der Waals surface area (Å²) in [5.74, 6) is 0.878. The van der Waals surface area contributed by atoms with E-state index in [1.807, 2.05) is 31.3 Å². The molecular formula is C22H25N3O2S. The van der Waals surface area contributed by atoms with Crippen LogP contribution >= 0.6 is 11.3 Å². The van der Waals surface area contributed by atoms with Crippen LogP contribution in [0.15, 0.2) is 48.0 Å². The Morgan fingerprint density at radius 2 is 1.96 bits per heavy atom. The van der Waals surface area contributed by atoms with Gasteiger partial charge in [0.1, 0.15) is 5.82 Å². The van der Waals surface area contributed by atoms with E-state index in [-0.39, 0.29) is 18.1 Å². The van der Waals surface area contributed by atoms with Gasteiger partial charge < -0.3 is 14.5 Å². The Morgan fingerprint density at radius 3 is 2.68 bits per heavy atom. The fourth-order valence-corrected chi connectivity index (χ4v) is 4.72. The van der Waals surface area contributed by atoms with Gasteiger partial charge in [0.25, 0.3) is 5.91 Å². The molecule has 1 aromatic carbocycles. The summed E-state index contributed by atoms with van der Waals surface area (Å²) in [6.45, 7) is 6.36. The van der Waals surface area contributed by atoms with Crippen molar-refractivity contribution < 1.29 is 9.53 Å². The summed E-state index contributed by atoms with van der Waals surface area (Å²) in [7, 11) is 1.84. The first-order valence-corrected chi connectivity index (χ1v) is 10.5. The monoisotopic (exact) mass is 395 g/mol. The van der Waals surface area contributed by atoms with E-state index in [1.165, 1.54) is 15.6 Å². The quantitative estimate of drug-likeness (QED) is 0.665. The summed E-state index contributed by atoms with van der Waals surface area (Å²) in [4.78, 5) is 21.4. The number of carbonyl (C=O) groups excluding carboxylic acids is 1. The highest BCUT2D eigenvalue weighted by Crippen LogP contribution is 2.27. The van der Waals surface area contributed by atoms with Crippen LogP contribution in [-0.2, 0) is 11.3 Å². The molecule has 0 aliphatic carbocycles. The van der Waals surface area contributed by atoms with Gasteiger partial charge in [-0.3, -0.25) is 4.79 Å². The van der Waals surface area contributed by atoms with E-state index < -0.39 is 0 Å². The SMILES string of the molecule is C[C@@H]1CN(c2ccc(C(=O)N(C)Cc3csc4ccccc34)cn2)C[C@H](C)O1. The molecule has 0 bridgehead atoms. The van der Waals surface area contributed by atoms with Gasteiger partial charge in [0, 0.05) is 37.6 Å². The molecule has 0 spiro atoms. The molecule has 4 rings (SSSR count). The first kappa shape index (κ1) is 18.9. The lowest BCUT2D eigenvalue weighted by Gasteiger charge is -2.36. The molecule has 3 heterocycles. The van der Waals surface area contributed by atoms with Gasteiger partial charge >= 0.3 is 0 Å². The average molecular weight is 396 g/mol. The standard InChI is InChI=1S/C22H25N3O2S/c1-15-11-25(12-16(2)27-15)21-9-8-17(10-23-21)22(26)24(3)13-18-14-28-20-7-5-4-6-19(18)20/h4-10,14-16H,11-13H2,1-3H3/t15-,16+. The van der Waals surface area contributed by atoms with Gasteiger partial charge in [0.15, 0.2) is 0 Å². The number of hydrogen-bond acceptors (Lipinski definition) is 5. The third kappa shape index (κ3) is 3.88. The molecule has 2 aromatic heterocycles. The lowest BCUT2D eigenvalue weighted by molar-refractivity contribution is -0.00546. The van der Waals surface area contributed by atoms with E-state index >= 15 is 0 Å². The van der Waals surface area contributed by atoms with Crippen molar-refractivity contribution in [3.63, 3.8) is 0 Å². The van der Waals surface area contributed by atoms with Gasteiger partial charge in [-0.2, -0.15) is 0 Å². The van der Waals surface area contributed by atoms with Gasteiger partial charge in [0.2, 0.25) is 0 Å². The molecule has 0 radical (unpaired) electrons. The highest BCUT2D eigenvalue weighted by molar-refractivity contribution is 7.17. The Morgan fingerprint density at radius 1 is 1.21 bits per heavy atom. The lowest BCUT2D eigenvalue weighted by Crippen LogP contribution is -2.45. The normalized spacial score (nSPS) is 19.8. The molecule has 2 atom stereocenters. The van der Waals surface area contributed by atoms with Crippen molar-refractivity contribution in [3.8, 4) is 0 Å². The Balaban J connectivity index is 1.45. The largest absolute Gasteiger partial charge is 0.372 e. The second-order valence-electron chi connectivity index (χ2n) is 7.49. The fourth-order valence-electron chi connectivity index (χ4n) is 3.77. The number of hydrogen-bond donors (Lipinski definition) is 0. The zero-order valence-electron chi connectivity index (χ0n) is 16.5. The van der Waals surface area contributed by atoms with Crippen LogP contribution in [0.4, 0.5) is 5.82 Å². The Hall–Kier alpha value is -2.44. The van der Waals surface area contributed by atoms with Crippen molar-refractivity contribution in [1.82, 2.24) is 9.88 Å². The molecule has 28 heavy (non-hydrogen) atoms. The molecule has 1 aliphatic heterocycles. The molecular weight excluding hydrogens is 370 g/mol. The highest BCUT2D eigenvalue weighted by Gasteiger charge is 2.23. The predicted octanol–water partition coefficient (Wildman–Crippen LogP) is 4.18. The highest BCUT2D eigenvalue weighted by atomic mass is 32.1. The number of amides is 1. The zero-order valence-corrected chi connectivity index (χ0v) is 17.3. The van der Waals surface area contributed by atoms with Gasteiger partial charge in [-0.15, -0.1) is 11.3 Å². The molecule has 1 fully saturated rings. The lowest BCUT2D eigenvalue weighted by atomic mass is 10.1. The summed E-state index contributed by atoms with van der Waals surface area (Å²) < 4.78 is 7.03. The van der Waals surface area contributed by atoms with Crippen LogP contribution < -0.4 is 4.90 Å². The van der Waals surface area contributed by atoms with Crippen LogP contribution in [0.1, 0.15) is 29.8 Å². The number of thiophene rings is 1. The van der Waals surface area contributed by atoms with E-state index in [2.05, 4.69) is 41.2 Å². The maximum absolute atomic E-state index is 12.9. The van der Waals surface area contributed by atoms with Crippen LogP contribution in [0.3, 0.4) is 0 Å². The number of carbonyl (C=O) groups is 1. The number of ether oxygens (including phenoxy) is 1. The van der Waals surface area contributed by atoms with E-state index in [0.717, 1.165) is 18.9 Å². The van der Waals surface area contributed by atoms with Crippen molar-refractivity contribution in [3.05, 3.63) is 59.1 Å². The Kier molecular flexibility index (Phi) is 5.33. The predicted molar refractivity (Wildman–Crippen MR) is 114 cm³/mol. The van der Waals surface area contributed by atoms with Crippen LogP contribution in [0.25, 0.3) is 10.1 Å². The van der Waals surface area contributed by atoms with Crippen molar-refractivity contribution in [2.75, 3.05) is 25.0 Å². The van der Waals surface area contributed by atoms with E-state index in [0.29, 0.717) is 12.1 Å². The van der Waals surface area contributed by atoms with Crippen molar-refractivity contribution in [1.29, 1.82) is 0 Å². The molecule has 0 N–H and O–H groups in total. The average Bonchev–Trinajstić information content (AvgIpc) is 3.10. The number of nitrogens with zero attached hydrogens (tertiary/aromatic N) is 3. The molecule has 6 heteroatoms. The molecule has 1 saturated heterocycles. The Bertz CT molecular complexity index is 959. The first-order valence-electron chi connectivity index (χ1n) is 9.58. The minimum Gasteiger partial charge on any atom is -0.372 e. The number of pyridine rings is 1. The number of aromatic nitrogens is 1. The number of morpholine rings is 1. The van der Waals surface area contributed by atoms with Gasteiger partial charge in [-0.1, -0.05) is 18.2 Å². The third-order valence-electron chi connectivity index (χ3n) is 5.05. The fraction of sp³-hybridized carbons (Fsp3) is 0.364. The van der Waals surface area contributed by atoms with Gasteiger partial charge in [0.05, 0.1) is 17.8 Å².